The van der Waals surface area contributed by atoms with Crippen molar-refractivity contribution in [2.75, 3.05) is 6.54 Å². The van der Waals surface area contributed by atoms with Gasteiger partial charge in [0.25, 0.3) is 5.91 Å². The minimum atomic E-state index is -3.87. The maximum Gasteiger partial charge on any atom is 0.408 e. The van der Waals surface area contributed by atoms with E-state index < -0.39 is 79.7 Å². The van der Waals surface area contributed by atoms with Crippen molar-refractivity contribution in [2.24, 2.45) is 11.3 Å². The molecule has 15 heteroatoms. The third-order valence-electron chi connectivity index (χ3n) is 7.85. The summed E-state index contributed by atoms with van der Waals surface area (Å²) in [5.74, 6) is -2.13. The first-order valence-electron chi connectivity index (χ1n) is 14.8. The number of halogens is 1. The van der Waals surface area contributed by atoms with E-state index in [-0.39, 0.29) is 19.4 Å². The molecule has 3 N–H and O–H groups in total. The summed E-state index contributed by atoms with van der Waals surface area (Å²) in [4.78, 5) is 59.7. The molecule has 2 heterocycles. The van der Waals surface area contributed by atoms with Crippen molar-refractivity contribution in [3.05, 3.63) is 35.6 Å². The van der Waals surface area contributed by atoms with Gasteiger partial charge in [-0.1, -0.05) is 26.8 Å². The lowest BCUT2D eigenvalue weighted by Crippen LogP contribution is -2.60. The lowest BCUT2D eigenvalue weighted by atomic mass is 9.85. The highest BCUT2D eigenvalue weighted by atomic mass is 79.9. The zero-order chi connectivity index (χ0) is 33.5. The summed E-state index contributed by atoms with van der Waals surface area (Å²) >= 11 is 3.35. The van der Waals surface area contributed by atoms with E-state index in [9.17, 15) is 27.6 Å². The van der Waals surface area contributed by atoms with E-state index >= 15 is 0 Å². The number of alkyl carbamates (subject to hydrolysis) is 1. The maximum atomic E-state index is 14.2. The molecule has 4 amide bonds. The van der Waals surface area contributed by atoms with E-state index in [1.807, 2.05) is 0 Å². The van der Waals surface area contributed by atoms with Crippen LogP contribution < -0.4 is 20.1 Å². The molecule has 2 saturated carbocycles. The van der Waals surface area contributed by atoms with Gasteiger partial charge >= 0.3 is 6.09 Å². The van der Waals surface area contributed by atoms with Crippen LogP contribution in [0.4, 0.5) is 4.79 Å². The first-order valence-corrected chi connectivity index (χ1v) is 17.2. The molecule has 0 spiro atoms. The number of carbonyl (C=O) groups excluding carboxylic acids is 4. The Kier molecular flexibility index (Phi) is 9.66. The van der Waals surface area contributed by atoms with Gasteiger partial charge in [-0.25, -0.2) is 13.2 Å². The lowest BCUT2D eigenvalue weighted by molar-refractivity contribution is -0.143. The maximum absolute atomic E-state index is 14.2. The van der Waals surface area contributed by atoms with Crippen molar-refractivity contribution in [2.45, 2.75) is 102 Å². The van der Waals surface area contributed by atoms with E-state index in [2.05, 4.69) is 42.8 Å². The minimum absolute atomic E-state index is 0.00778. The Labute approximate surface area is 272 Å². The molecule has 1 aliphatic heterocycles. The van der Waals surface area contributed by atoms with Crippen LogP contribution >= 0.6 is 15.9 Å². The largest absolute Gasteiger partial charge is 0.487 e. The molecule has 0 radical (unpaired) electrons. The van der Waals surface area contributed by atoms with Gasteiger partial charge in [0.05, 0.1) is 18.0 Å². The van der Waals surface area contributed by atoms with Crippen molar-refractivity contribution < 1.29 is 37.1 Å². The molecule has 1 aromatic heterocycles. The second-order valence-electron chi connectivity index (χ2n) is 13.9. The molecule has 1 saturated heterocycles. The number of ether oxygens (including phenoxy) is 2. The normalized spacial score (nSPS) is 25.5. The number of hydrogen-bond acceptors (Lipinski definition) is 9. The number of sulfonamides is 1. The number of pyridine rings is 1. The fourth-order valence-electron chi connectivity index (χ4n) is 5.28. The molecule has 0 aromatic carbocycles. The highest BCUT2D eigenvalue weighted by molar-refractivity contribution is 9.10. The van der Waals surface area contributed by atoms with Crippen molar-refractivity contribution in [3.63, 3.8) is 0 Å². The van der Waals surface area contributed by atoms with Gasteiger partial charge in [0, 0.05) is 23.0 Å². The van der Waals surface area contributed by atoms with Gasteiger partial charge in [0.15, 0.2) is 0 Å². The number of likely N-dealkylation sites (tertiary alicyclic amines) is 1. The molecule has 13 nitrogen and oxygen atoms in total. The highest BCUT2D eigenvalue weighted by Gasteiger charge is 2.62. The molecule has 2 unspecified atom stereocenters. The second-order valence-corrected chi connectivity index (χ2v) is 16.8. The van der Waals surface area contributed by atoms with Crippen LogP contribution in [-0.2, 0) is 29.1 Å². The van der Waals surface area contributed by atoms with Crippen molar-refractivity contribution >= 4 is 49.8 Å². The minimum Gasteiger partial charge on any atom is -0.487 e. The molecule has 4 rings (SSSR count). The summed E-state index contributed by atoms with van der Waals surface area (Å²) in [6.07, 6.45) is 4.30. The summed E-state index contributed by atoms with van der Waals surface area (Å²) < 4.78 is 39.4. The summed E-state index contributed by atoms with van der Waals surface area (Å²) in [6.45, 7) is 14.2. The van der Waals surface area contributed by atoms with Gasteiger partial charge in [-0.05, 0) is 67.4 Å². The molecular formula is C30H42BrN5O8S. The Bertz CT molecular complexity index is 1470. The van der Waals surface area contributed by atoms with Gasteiger partial charge in [-0.2, -0.15) is 0 Å². The zero-order valence-corrected chi connectivity index (χ0v) is 28.8. The number of aromatic nitrogens is 1. The number of rotatable bonds is 10. The van der Waals surface area contributed by atoms with Crippen LogP contribution in [0, 0.1) is 11.3 Å². The second kappa shape index (κ2) is 12.5. The molecule has 1 aromatic rings. The van der Waals surface area contributed by atoms with E-state index in [0.717, 1.165) is 0 Å². The van der Waals surface area contributed by atoms with Crippen LogP contribution in [0.15, 0.2) is 35.6 Å². The van der Waals surface area contributed by atoms with Crippen LogP contribution in [0.3, 0.4) is 0 Å². The number of nitrogens with one attached hydrogen (secondary N) is 3. The van der Waals surface area contributed by atoms with Crippen molar-refractivity contribution in [1.82, 2.24) is 25.2 Å². The monoisotopic (exact) mass is 711 g/mol. The Hall–Kier alpha value is -3.20. The number of hydrogen-bond donors (Lipinski definition) is 3. The molecule has 45 heavy (non-hydrogen) atoms. The molecule has 2 aliphatic carbocycles. The Balaban J connectivity index is 1.60. The van der Waals surface area contributed by atoms with E-state index in [1.54, 1.807) is 53.8 Å². The smallest absolute Gasteiger partial charge is 0.408 e. The average Bonchev–Trinajstić information content (AvgIpc) is 3.82. The molecule has 5 atom stereocenters. The molecular weight excluding hydrogens is 670 g/mol. The fraction of sp³-hybridized carbons (Fsp3) is 0.633. The number of amides is 4. The van der Waals surface area contributed by atoms with Crippen LogP contribution in [0.5, 0.6) is 5.75 Å². The summed E-state index contributed by atoms with van der Waals surface area (Å²) in [5.41, 5.74) is -3.12. The first-order chi connectivity index (χ1) is 20.8. The van der Waals surface area contributed by atoms with Crippen LogP contribution in [-0.4, -0.2) is 83.2 Å². The third kappa shape index (κ3) is 8.34. The highest BCUT2D eigenvalue weighted by Crippen LogP contribution is 2.45. The van der Waals surface area contributed by atoms with Gasteiger partial charge < -0.3 is 25.0 Å². The summed E-state index contributed by atoms with van der Waals surface area (Å²) in [6, 6.07) is -0.493. The molecule has 0 bridgehead atoms. The Morgan fingerprint density at radius 3 is 2.36 bits per heavy atom. The number of nitrogens with zero attached hydrogens (tertiary/aromatic N) is 2. The lowest BCUT2D eigenvalue weighted by Gasteiger charge is -2.36. The van der Waals surface area contributed by atoms with Gasteiger partial charge in [-0.3, -0.25) is 24.1 Å². The van der Waals surface area contributed by atoms with E-state index in [1.165, 1.54) is 17.2 Å². The third-order valence-corrected chi connectivity index (χ3v) is 10.1. The van der Waals surface area contributed by atoms with Gasteiger partial charge in [-0.15, -0.1) is 6.58 Å². The topological polar surface area (TPSA) is 173 Å². The van der Waals surface area contributed by atoms with E-state index in [0.29, 0.717) is 23.1 Å². The molecule has 3 fully saturated rings. The summed E-state index contributed by atoms with van der Waals surface area (Å²) in [7, 11) is -3.87. The van der Waals surface area contributed by atoms with Gasteiger partial charge in [0.1, 0.15) is 35.1 Å². The molecule has 3 aliphatic rings. The van der Waals surface area contributed by atoms with E-state index in [4.69, 9.17) is 9.47 Å². The van der Waals surface area contributed by atoms with Crippen LogP contribution in [0.1, 0.15) is 67.2 Å². The number of carbonyl (C=O) groups is 4. The predicted molar refractivity (Wildman–Crippen MR) is 168 cm³/mol. The van der Waals surface area contributed by atoms with Crippen molar-refractivity contribution in [1.29, 1.82) is 0 Å². The Morgan fingerprint density at radius 1 is 1.16 bits per heavy atom. The predicted octanol–water partition coefficient (Wildman–Crippen LogP) is 2.80. The first kappa shape index (κ1) is 34.7. The Morgan fingerprint density at radius 2 is 1.82 bits per heavy atom. The van der Waals surface area contributed by atoms with Crippen LogP contribution in [0.25, 0.3) is 0 Å². The van der Waals surface area contributed by atoms with Gasteiger partial charge in [0.2, 0.25) is 21.8 Å². The SMILES string of the molecule is C=CC1CC1(NC(=O)[C@@H]1C[C@@H](Oc2cncc(Br)c2)CN1C(=O)[C@@H](NC(=O)OC(C)(C)C)C(C)(C)C)C(=O)NS(=O)(=O)C1CC1. The fourth-order valence-corrected chi connectivity index (χ4v) is 6.99. The van der Waals surface area contributed by atoms with Crippen LogP contribution in [0.2, 0.25) is 0 Å². The average molecular weight is 713 g/mol. The van der Waals surface area contributed by atoms with Crippen molar-refractivity contribution in [3.8, 4) is 5.75 Å². The standard InChI is InChI=1S/C30H42BrN5O8S/c1-8-17-13-30(17,26(39)35-45(41,42)21-9-10-21)34-24(37)22-12-20(43-19-11-18(31)14-32-15-19)16-36(22)25(38)23(28(2,3)4)33-27(40)44-29(5,6)7/h8,11,14-15,17,20-23H,1,9-10,12-13,16H2,2-7H3,(H,33,40)(H,34,37)(H,35,39)/t17?,20-,22+,23-,30?/m1/s1. The zero-order valence-electron chi connectivity index (χ0n) is 26.4. The summed E-state index contributed by atoms with van der Waals surface area (Å²) in [5, 5.41) is 4.80. The quantitative estimate of drug-likeness (QED) is 0.309. The molecule has 248 valence electrons.